The highest BCUT2D eigenvalue weighted by Crippen LogP contribution is 2.50. The number of amides is 1. The molecule has 0 bridgehead atoms. The lowest BCUT2D eigenvalue weighted by Crippen LogP contribution is -2.61. The number of carbonyl (C=O) groups excluding carboxylic acids is 1. The number of hydrogen-bond donors (Lipinski definition) is 2. The van der Waals surface area contributed by atoms with Crippen molar-refractivity contribution < 1.29 is 14.4 Å². The average Bonchev–Trinajstić information content (AvgIpc) is 2.60. The normalized spacial score (nSPS) is 30.0. The maximum atomic E-state index is 14.6. The van der Waals surface area contributed by atoms with E-state index in [1.54, 1.807) is 11.5 Å². The molecule has 1 spiro atoms. The first-order chi connectivity index (χ1) is 12.0. The third-order valence-corrected chi connectivity index (χ3v) is 6.54. The maximum absolute atomic E-state index is 14.6. The van der Waals surface area contributed by atoms with Crippen LogP contribution in [0.15, 0.2) is 12.1 Å². The molecule has 2 aliphatic heterocycles. The lowest BCUT2D eigenvalue weighted by atomic mass is 9.59. The van der Waals surface area contributed by atoms with Gasteiger partial charge in [-0.25, -0.2) is 9.87 Å². The number of hydroxylamine groups is 1. The van der Waals surface area contributed by atoms with Gasteiger partial charge in [0.15, 0.2) is 0 Å². The van der Waals surface area contributed by atoms with Crippen LogP contribution in [0.3, 0.4) is 0 Å². The molecule has 2 heterocycles. The van der Waals surface area contributed by atoms with Gasteiger partial charge in [0, 0.05) is 36.8 Å². The number of nitrogens with zero attached hydrogens (tertiary/aromatic N) is 2. The van der Waals surface area contributed by atoms with E-state index < -0.39 is 5.91 Å². The van der Waals surface area contributed by atoms with Gasteiger partial charge in [-0.15, -0.1) is 0 Å². The van der Waals surface area contributed by atoms with Gasteiger partial charge in [-0.1, -0.05) is 0 Å². The molecule has 136 valence electrons. The van der Waals surface area contributed by atoms with Gasteiger partial charge in [-0.2, -0.15) is 0 Å². The van der Waals surface area contributed by atoms with Crippen LogP contribution in [0.1, 0.15) is 47.2 Å². The van der Waals surface area contributed by atoms with Gasteiger partial charge in [-0.05, 0) is 68.8 Å². The van der Waals surface area contributed by atoms with Crippen molar-refractivity contribution in [2.24, 2.45) is 5.41 Å². The van der Waals surface area contributed by atoms with Gasteiger partial charge in [0.05, 0.1) is 0 Å². The summed E-state index contributed by atoms with van der Waals surface area (Å²) in [5.74, 6) is -0.998. The van der Waals surface area contributed by atoms with Crippen molar-refractivity contribution in [2.45, 2.75) is 44.7 Å². The number of piperidine rings is 1. The van der Waals surface area contributed by atoms with E-state index in [4.69, 9.17) is 5.21 Å². The first kappa shape index (κ1) is 16.9. The van der Waals surface area contributed by atoms with E-state index in [2.05, 4.69) is 16.8 Å². The number of halogens is 1. The summed E-state index contributed by atoms with van der Waals surface area (Å²) in [6.45, 7) is 3.87. The topological polar surface area (TPSA) is 55.8 Å². The third-order valence-electron chi connectivity index (χ3n) is 6.54. The molecule has 1 saturated carbocycles. The number of hydrogen-bond acceptors (Lipinski definition) is 4. The van der Waals surface area contributed by atoms with Gasteiger partial charge in [0.2, 0.25) is 0 Å². The molecule has 0 aromatic heterocycles. The van der Waals surface area contributed by atoms with E-state index >= 15 is 0 Å². The van der Waals surface area contributed by atoms with E-state index in [1.165, 1.54) is 38.3 Å². The van der Waals surface area contributed by atoms with Gasteiger partial charge in [-0.3, -0.25) is 14.9 Å². The molecule has 2 fully saturated rings. The molecule has 1 aromatic carbocycles. The minimum atomic E-state index is -0.660. The Bertz CT molecular complexity index is 695. The minimum Gasteiger partial charge on any atom is -0.306 e. The Kier molecular flexibility index (Phi) is 4.30. The molecular formula is C19H26FN3O2. The highest BCUT2D eigenvalue weighted by molar-refractivity contribution is 5.93. The van der Waals surface area contributed by atoms with Crippen LogP contribution in [0.5, 0.6) is 0 Å². The predicted octanol–water partition coefficient (Wildman–Crippen LogP) is 2.18. The molecule has 25 heavy (non-hydrogen) atoms. The fourth-order valence-corrected chi connectivity index (χ4v) is 5.23. The molecule has 1 amide bonds. The first-order valence-corrected chi connectivity index (χ1v) is 9.21. The smallest absolute Gasteiger partial charge is 0.274 e. The van der Waals surface area contributed by atoms with Crippen molar-refractivity contribution in [3.63, 3.8) is 0 Å². The van der Waals surface area contributed by atoms with Gasteiger partial charge < -0.3 is 4.90 Å². The molecular weight excluding hydrogens is 321 g/mol. The van der Waals surface area contributed by atoms with Crippen molar-refractivity contribution >= 4 is 5.91 Å². The molecule has 1 aromatic rings. The number of fused-ring (bicyclic) bond motifs is 1. The summed E-state index contributed by atoms with van der Waals surface area (Å²) in [7, 11) is 2.20. The van der Waals surface area contributed by atoms with E-state index in [0.717, 1.165) is 25.1 Å². The third kappa shape index (κ3) is 2.86. The minimum absolute atomic E-state index is 0.182. The Labute approximate surface area is 147 Å². The molecule has 5 nitrogen and oxygen atoms in total. The molecule has 2 unspecified atom stereocenters. The Morgan fingerprint density at radius 1 is 1.36 bits per heavy atom. The second-order valence-corrected chi connectivity index (χ2v) is 8.02. The summed E-state index contributed by atoms with van der Waals surface area (Å²) in [6.07, 6.45) is 5.77. The fraction of sp³-hybridized carbons (Fsp3) is 0.632. The number of nitrogens with one attached hydrogen (secondary N) is 1. The van der Waals surface area contributed by atoms with E-state index in [-0.39, 0.29) is 11.4 Å². The summed E-state index contributed by atoms with van der Waals surface area (Å²) in [5, 5.41) is 8.77. The number of benzene rings is 1. The Morgan fingerprint density at radius 3 is 2.88 bits per heavy atom. The second-order valence-electron chi connectivity index (χ2n) is 8.02. The van der Waals surface area contributed by atoms with Crippen molar-refractivity contribution in [1.29, 1.82) is 0 Å². The van der Waals surface area contributed by atoms with Crippen molar-refractivity contribution in [1.82, 2.24) is 15.3 Å². The summed E-state index contributed by atoms with van der Waals surface area (Å²) < 4.78 is 14.6. The largest absolute Gasteiger partial charge is 0.306 e. The number of rotatable bonds is 2. The second kappa shape index (κ2) is 6.34. The number of likely N-dealkylation sites (tertiary alicyclic amines) is 1. The van der Waals surface area contributed by atoms with Crippen LogP contribution in [0.4, 0.5) is 4.39 Å². The van der Waals surface area contributed by atoms with Crippen LogP contribution in [-0.2, 0) is 13.0 Å². The van der Waals surface area contributed by atoms with Crippen LogP contribution in [0, 0.1) is 11.2 Å². The van der Waals surface area contributed by atoms with Crippen LogP contribution < -0.4 is 5.48 Å². The van der Waals surface area contributed by atoms with Crippen molar-refractivity contribution in [3.05, 3.63) is 34.6 Å². The molecule has 4 rings (SSSR count). The molecule has 1 aliphatic carbocycles. The highest BCUT2D eigenvalue weighted by atomic mass is 19.1. The molecule has 3 aliphatic rings. The zero-order chi connectivity index (χ0) is 17.6. The van der Waals surface area contributed by atoms with Crippen LogP contribution in [0.2, 0.25) is 0 Å². The van der Waals surface area contributed by atoms with Gasteiger partial charge in [0.25, 0.3) is 5.91 Å². The molecule has 0 radical (unpaired) electrons. The summed E-state index contributed by atoms with van der Waals surface area (Å²) >= 11 is 0. The Balaban J connectivity index is 1.54. The highest BCUT2D eigenvalue weighted by Gasteiger charge is 2.51. The summed E-state index contributed by atoms with van der Waals surface area (Å²) in [4.78, 5) is 16.5. The molecule has 2 atom stereocenters. The monoisotopic (exact) mass is 347 g/mol. The van der Waals surface area contributed by atoms with Crippen LogP contribution in [0.25, 0.3) is 0 Å². The SMILES string of the molecule is CN1CCCC2(CCC2N2CCc3cc(C(=O)NO)cc(F)c3C2)C1. The summed E-state index contributed by atoms with van der Waals surface area (Å²) in [5.41, 5.74) is 3.76. The first-order valence-electron chi connectivity index (χ1n) is 9.21. The fourth-order valence-electron chi connectivity index (χ4n) is 5.23. The zero-order valence-corrected chi connectivity index (χ0v) is 14.7. The lowest BCUT2D eigenvalue weighted by molar-refractivity contribution is -0.0753. The van der Waals surface area contributed by atoms with E-state index in [1.807, 2.05) is 0 Å². The van der Waals surface area contributed by atoms with Crippen molar-refractivity contribution in [2.75, 3.05) is 26.7 Å². The summed E-state index contributed by atoms with van der Waals surface area (Å²) in [6, 6.07) is 3.49. The lowest BCUT2D eigenvalue weighted by Gasteiger charge is -2.58. The maximum Gasteiger partial charge on any atom is 0.274 e. The quantitative estimate of drug-likeness (QED) is 0.636. The Morgan fingerprint density at radius 2 is 2.20 bits per heavy atom. The molecule has 6 heteroatoms. The van der Waals surface area contributed by atoms with E-state index in [0.29, 0.717) is 23.6 Å². The van der Waals surface area contributed by atoms with Gasteiger partial charge in [0.1, 0.15) is 5.82 Å². The molecule has 2 N–H and O–H groups in total. The molecule has 1 saturated heterocycles. The standard InChI is InChI=1S/C19H26FN3O2/c1-22-7-2-5-19(12-22)6-3-17(19)23-8-4-13-9-14(18(24)21-25)10-16(20)15(13)11-23/h9-10,17,25H,2-8,11-12H2,1H3,(H,21,24). The van der Waals surface area contributed by atoms with Crippen LogP contribution >= 0.6 is 0 Å². The predicted molar refractivity (Wildman–Crippen MR) is 92.0 cm³/mol. The van der Waals surface area contributed by atoms with Crippen molar-refractivity contribution in [3.8, 4) is 0 Å². The van der Waals surface area contributed by atoms with Gasteiger partial charge >= 0.3 is 0 Å². The number of carbonyl (C=O) groups is 1. The average molecular weight is 347 g/mol. The Hall–Kier alpha value is -1.50. The van der Waals surface area contributed by atoms with E-state index in [9.17, 15) is 9.18 Å². The zero-order valence-electron chi connectivity index (χ0n) is 14.7. The van der Waals surface area contributed by atoms with Crippen LogP contribution in [-0.4, -0.2) is 53.6 Å².